The normalized spacial score (nSPS) is 10.9. The van der Waals surface area contributed by atoms with Crippen LogP contribution in [0.1, 0.15) is 10.5 Å². The van der Waals surface area contributed by atoms with Crippen molar-refractivity contribution in [3.8, 4) is 5.69 Å². The summed E-state index contributed by atoms with van der Waals surface area (Å²) in [5.74, 6) is -0.330. The van der Waals surface area contributed by atoms with Crippen LogP contribution in [0.5, 0.6) is 0 Å². The number of hydrogen-bond acceptors (Lipinski definition) is 2. The van der Waals surface area contributed by atoms with E-state index in [4.69, 9.17) is 23.2 Å². The summed E-state index contributed by atoms with van der Waals surface area (Å²) in [5, 5.41) is 4.62. The second-order valence-electron chi connectivity index (χ2n) is 5.93. The van der Waals surface area contributed by atoms with Gasteiger partial charge < -0.3 is 10.3 Å². The van der Waals surface area contributed by atoms with Gasteiger partial charge in [-0.25, -0.2) is 0 Å². The van der Waals surface area contributed by atoms with E-state index in [1.54, 1.807) is 60.7 Å². The number of carbonyl (C=O) groups excluding carboxylic acids is 1. The third kappa shape index (κ3) is 3.47. The SMILES string of the molecule is O=C(Nc1cccc(Cl)c1)c1cc2ccc(=O)n(-c3ccc(Cl)cc3)c2[nH]1. The van der Waals surface area contributed by atoms with E-state index in [1.807, 2.05) is 0 Å². The fourth-order valence-electron chi connectivity index (χ4n) is 2.85. The van der Waals surface area contributed by atoms with Crippen molar-refractivity contribution in [1.82, 2.24) is 9.55 Å². The topological polar surface area (TPSA) is 66.9 Å². The average Bonchev–Trinajstić information content (AvgIpc) is 3.07. The van der Waals surface area contributed by atoms with Crippen LogP contribution in [0.3, 0.4) is 0 Å². The minimum absolute atomic E-state index is 0.214. The summed E-state index contributed by atoms with van der Waals surface area (Å²) in [6, 6.07) is 18.6. The van der Waals surface area contributed by atoms with Crippen LogP contribution in [0.15, 0.2) is 71.5 Å². The van der Waals surface area contributed by atoms with Crippen molar-refractivity contribution in [3.63, 3.8) is 0 Å². The van der Waals surface area contributed by atoms with E-state index in [9.17, 15) is 9.59 Å². The number of carbonyl (C=O) groups is 1. The highest BCUT2D eigenvalue weighted by Crippen LogP contribution is 2.20. The van der Waals surface area contributed by atoms with E-state index < -0.39 is 0 Å². The molecule has 0 radical (unpaired) electrons. The number of halogens is 2. The average molecular weight is 398 g/mol. The third-order valence-corrected chi connectivity index (χ3v) is 4.57. The molecule has 0 saturated carbocycles. The predicted molar refractivity (Wildman–Crippen MR) is 108 cm³/mol. The Morgan fingerprint density at radius 2 is 1.70 bits per heavy atom. The molecule has 27 heavy (non-hydrogen) atoms. The molecular formula is C20H13Cl2N3O2. The van der Waals surface area contributed by atoms with Crippen LogP contribution in [-0.2, 0) is 0 Å². The van der Waals surface area contributed by atoms with Crippen LogP contribution in [0.25, 0.3) is 16.7 Å². The Morgan fingerprint density at radius 3 is 2.44 bits per heavy atom. The Hall–Kier alpha value is -3.02. The van der Waals surface area contributed by atoms with E-state index in [2.05, 4.69) is 10.3 Å². The van der Waals surface area contributed by atoms with E-state index in [0.29, 0.717) is 32.8 Å². The molecule has 0 aliphatic carbocycles. The highest BCUT2D eigenvalue weighted by Gasteiger charge is 2.14. The molecule has 7 heteroatoms. The van der Waals surface area contributed by atoms with Gasteiger partial charge >= 0.3 is 0 Å². The minimum Gasteiger partial charge on any atom is -0.336 e. The standard InChI is InChI=1S/C20H13Cl2N3O2/c21-13-5-7-16(8-6-13)25-18(26)9-4-12-10-17(24-19(12)25)20(27)23-15-3-1-2-14(22)11-15/h1-11,24H,(H,23,27). The molecule has 134 valence electrons. The summed E-state index contributed by atoms with van der Waals surface area (Å²) in [5.41, 5.74) is 1.88. The lowest BCUT2D eigenvalue weighted by Crippen LogP contribution is -2.17. The van der Waals surface area contributed by atoms with Gasteiger partial charge in [0.05, 0.1) is 5.69 Å². The van der Waals surface area contributed by atoms with Crippen LogP contribution in [0.4, 0.5) is 5.69 Å². The number of benzene rings is 2. The van der Waals surface area contributed by atoms with Crippen molar-refractivity contribution < 1.29 is 4.79 Å². The molecule has 0 atom stereocenters. The van der Waals surface area contributed by atoms with Crippen molar-refractivity contribution in [2.24, 2.45) is 0 Å². The first-order valence-electron chi connectivity index (χ1n) is 8.09. The van der Waals surface area contributed by atoms with Gasteiger partial charge in [0, 0.05) is 27.2 Å². The van der Waals surface area contributed by atoms with E-state index in [1.165, 1.54) is 10.6 Å². The lowest BCUT2D eigenvalue weighted by atomic mass is 10.2. The van der Waals surface area contributed by atoms with Crippen LogP contribution < -0.4 is 10.9 Å². The van der Waals surface area contributed by atoms with Crippen molar-refractivity contribution >= 4 is 45.8 Å². The first-order valence-corrected chi connectivity index (χ1v) is 8.84. The number of nitrogens with zero attached hydrogens (tertiary/aromatic N) is 1. The van der Waals surface area contributed by atoms with Crippen molar-refractivity contribution in [2.45, 2.75) is 0 Å². The highest BCUT2D eigenvalue weighted by molar-refractivity contribution is 6.31. The number of rotatable bonds is 3. The van der Waals surface area contributed by atoms with E-state index in [0.717, 1.165) is 5.39 Å². The number of nitrogens with one attached hydrogen (secondary N) is 2. The molecule has 4 rings (SSSR count). The molecular weight excluding hydrogens is 385 g/mol. The van der Waals surface area contributed by atoms with Gasteiger partial charge in [0.15, 0.2) is 0 Å². The zero-order valence-corrected chi connectivity index (χ0v) is 15.4. The van der Waals surface area contributed by atoms with E-state index in [-0.39, 0.29) is 11.5 Å². The quantitative estimate of drug-likeness (QED) is 0.517. The zero-order chi connectivity index (χ0) is 19.0. The number of anilines is 1. The molecule has 0 aliphatic heterocycles. The fourth-order valence-corrected chi connectivity index (χ4v) is 3.17. The maximum Gasteiger partial charge on any atom is 0.272 e. The molecule has 0 bridgehead atoms. The Balaban J connectivity index is 1.76. The Kier molecular flexibility index (Phi) is 4.48. The summed E-state index contributed by atoms with van der Waals surface area (Å²) >= 11 is 11.9. The van der Waals surface area contributed by atoms with Gasteiger partial charge in [-0.2, -0.15) is 0 Å². The summed E-state index contributed by atoms with van der Waals surface area (Å²) < 4.78 is 1.50. The third-order valence-electron chi connectivity index (χ3n) is 4.09. The largest absolute Gasteiger partial charge is 0.336 e. The summed E-state index contributed by atoms with van der Waals surface area (Å²) in [6.07, 6.45) is 0. The second kappa shape index (κ2) is 6.95. The van der Waals surface area contributed by atoms with Gasteiger partial charge in [0.2, 0.25) is 0 Å². The van der Waals surface area contributed by atoms with Crippen LogP contribution in [-0.4, -0.2) is 15.5 Å². The fraction of sp³-hybridized carbons (Fsp3) is 0. The molecule has 0 unspecified atom stereocenters. The van der Waals surface area contributed by atoms with Crippen LogP contribution in [0.2, 0.25) is 10.0 Å². The van der Waals surface area contributed by atoms with Crippen LogP contribution in [0, 0.1) is 0 Å². The number of amides is 1. The molecule has 5 nitrogen and oxygen atoms in total. The number of aromatic nitrogens is 2. The van der Waals surface area contributed by atoms with Gasteiger partial charge in [0.25, 0.3) is 11.5 Å². The minimum atomic E-state index is -0.330. The Morgan fingerprint density at radius 1 is 0.926 bits per heavy atom. The number of H-pyrrole nitrogens is 1. The molecule has 2 N–H and O–H groups in total. The molecule has 0 fully saturated rings. The number of fused-ring (bicyclic) bond motifs is 1. The highest BCUT2D eigenvalue weighted by atomic mass is 35.5. The Bertz CT molecular complexity index is 1210. The monoisotopic (exact) mass is 397 g/mol. The molecule has 1 amide bonds. The molecule has 2 aromatic heterocycles. The maximum absolute atomic E-state index is 12.6. The molecule has 0 spiro atoms. The molecule has 0 aliphatic rings. The first-order chi connectivity index (χ1) is 13.0. The van der Waals surface area contributed by atoms with Crippen LogP contribution >= 0.6 is 23.2 Å². The van der Waals surface area contributed by atoms with Crippen molar-refractivity contribution in [2.75, 3.05) is 5.32 Å². The van der Waals surface area contributed by atoms with Gasteiger partial charge in [-0.05, 0) is 54.6 Å². The van der Waals surface area contributed by atoms with Gasteiger partial charge in [-0.1, -0.05) is 29.3 Å². The first kappa shape index (κ1) is 17.4. The predicted octanol–water partition coefficient (Wildman–Crippen LogP) is 4.88. The molecule has 2 heterocycles. The second-order valence-corrected chi connectivity index (χ2v) is 6.81. The summed E-state index contributed by atoms with van der Waals surface area (Å²) in [6.45, 7) is 0. The summed E-state index contributed by atoms with van der Waals surface area (Å²) in [4.78, 5) is 28.0. The lowest BCUT2D eigenvalue weighted by molar-refractivity contribution is 0.102. The molecule has 4 aromatic rings. The zero-order valence-electron chi connectivity index (χ0n) is 13.9. The smallest absolute Gasteiger partial charge is 0.272 e. The maximum atomic E-state index is 12.6. The lowest BCUT2D eigenvalue weighted by Gasteiger charge is -2.07. The number of hydrogen-bond donors (Lipinski definition) is 2. The van der Waals surface area contributed by atoms with Gasteiger partial charge in [0.1, 0.15) is 11.3 Å². The van der Waals surface area contributed by atoms with E-state index >= 15 is 0 Å². The van der Waals surface area contributed by atoms with Crippen molar-refractivity contribution in [3.05, 3.63) is 92.8 Å². The molecule has 0 saturated heterocycles. The summed E-state index contributed by atoms with van der Waals surface area (Å²) in [7, 11) is 0. The van der Waals surface area contributed by atoms with Crippen molar-refractivity contribution in [1.29, 1.82) is 0 Å². The number of pyridine rings is 1. The number of aromatic amines is 1. The molecule has 2 aromatic carbocycles. The van der Waals surface area contributed by atoms with Gasteiger partial charge in [-0.15, -0.1) is 0 Å². The Labute approximate surface area is 164 Å². The van der Waals surface area contributed by atoms with Gasteiger partial charge in [-0.3, -0.25) is 14.2 Å².